The highest BCUT2D eigenvalue weighted by Gasteiger charge is 2.23. The summed E-state index contributed by atoms with van der Waals surface area (Å²) in [5, 5.41) is 0. The molecule has 35 heavy (non-hydrogen) atoms. The van der Waals surface area contributed by atoms with Crippen LogP contribution in [0.2, 0.25) is 0 Å². The van der Waals surface area contributed by atoms with E-state index in [1.807, 2.05) is 59.3 Å². The number of H-pyrrole nitrogens is 1. The van der Waals surface area contributed by atoms with Crippen LogP contribution < -0.4 is 5.69 Å². The zero-order chi connectivity index (χ0) is 23.6. The molecule has 1 fully saturated rings. The van der Waals surface area contributed by atoms with Gasteiger partial charge in [-0.1, -0.05) is 12.1 Å². The van der Waals surface area contributed by atoms with E-state index in [-0.39, 0.29) is 5.69 Å². The minimum absolute atomic E-state index is 0.0168. The van der Waals surface area contributed by atoms with Crippen molar-refractivity contribution >= 4 is 22.2 Å². The summed E-state index contributed by atoms with van der Waals surface area (Å²) in [6.07, 6.45) is 7.78. The van der Waals surface area contributed by atoms with E-state index in [4.69, 9.17) is 9.40 Å². The van der Waals surface area contributed by atoms with Gasteiger partial charge in [-0.15, -0.1) is 0 Å². The summed E-state index contributed by atoms with van der Waals surface area (Å²) in [7, 11) is 0. The molecule has 8 nitrogen and oxygen atoms in total. The van der Waals surface area contributed by atoms with Gasteiger partial charge >= 0.3 is 5.69 Å². The number of hydrogen-bond acceptors (Lipinski definition) is 5. The Morgan fingerprint density at radius 3 is 2.74 bits per heavy atom. The lowest BCUT2D eigenvalue weighted by Gasteiger charge is -2.31. The van der Waals surface area contributed by atoms with Crippen molar-refractivity contribution in [2.24, 2.45) is 5.92 Å². The van der Waals surface area contributed by atoms with E-state index in [1.165, 1.54) is 0 Å². The zero-order valence-electron chi connectivity index (χ0n) is 19.8. The van der Waals surface area contributed by atoms with Gasteiger partial charge in [-0.2, -0.15) is 0 Å². The molecule has 5 heterocycles. The number of likely N-dealkylation sites (tertiary alicyclic amines) is 1. The quantitative estimate of drug-likeness (QED) is 0.370. The van der Waals surface area contributed by atoms with E-state index in [9.17, 15) is 4.79 Å². The molecule has 5 aromatic rings. The minimum atomic E-state index is -0.0168. The standard InChI is InChI=1S/C27H30N6O2/c34-27-30-22-7-1-2-9-24(22)32(27)14-5-13-31-15-10-20(11-16-31)18-25-29-23-8-3-12-28-26(23)33(25)19-21-6-4-17-35-21/h1-4,6-9,12,17,20H,5,10-11,13-16,18-19H2,(H,30,34). The summed E-state index contributed by atoms with van der Waals surface area (Å²) < 4.78 is 9.67. The molecular formula is C27H30N6O2. The Morgan fingerprint density at radius 1 is 1.00 bits per heavy atom. The van der Waals surface area contributed by atoms with E-state index in [0.29, 0.717) is 12.5 Å². The molecule has 0 radical (unpaired) electrons. The Bertz CT molecular complexity index is 1470. The number of aryl methyl sites for hydroxylation is 1. The number of piperidine rings is 1. The first-order valence-electron chi connectivity index (χ1n) is 12.5. The first-order valence-corrected chi connectivity index (χ1v) is 12.5. The van der Waals surface area contributed by atoms with Gasteiger partial charge in [0, 0.05) is 19.2 Å². The topological polar surface area (TPSA) is 84.9 Å². The molecule has 1 saturated heterocycles. The maximum atomic E-state index is 12.3. The van der Waals surface area contributed by atoms with Crippen molar-refractivity contribution in [3.05, 3.63) is 83.1 Å². The summed E-state index contributed by atoms with van der Waals surface area (Å²) in [4.78, 5) is 27.3. The van der Waals surface area contributed by atoms with Crippen molar-refractivity contribution in [2.45, 2.75) is 38.8 Å². The fourth-order valence-electron chi connectivity index (χ4n) is 5.34. The lowest BCUT2D eigenvalue weighted by molar-refractivity contribution is 0.178. The van der Waals surface area contributed by atoms with E-state index in [2.05, 4.69) is 19.4 Å². The number of aromatic amines is 1. The normalized spacial score (nSPS) is 15.4. The summed E-state index contributed by atoms with van der Waals surface area (Å²) in [5.74, 6) is 2.61. The number of aromatic nitrogens is 5. The molecule has 1 aromatic carbocycles. The fourth-order valence-corrected chi connectivity index (χ4v) is 5.34. The number of imidazole rings is 2. The summed E-state index contributed by atoms with van der Waals surface area (Å²) >= 11 is 0. The van der Waals surface area contributed by atoms with Crippen LogP contribution in [0.15, 0.2) is 70.2 Å². The third-order valence-electron chi connectivity index (χ3n) is 7.19. The van der Waals surface area contributed by atoms with Crippen molar-refractivity contribution in [1.29, 1.82) is 0 Å². The highest BCUT2D eigenvalue weighted by molar-refractivity contribution is 5.74. The lowest BCUT2D eigenvalue weighted by Crippen LogP contribution is -2.36. The Labute approximate surface area is 203 Å². The highest BCUT2D eigenvalue weighted by Crippen LogP contribution is 2.24. The number of furan rings is 1. The molecular weight excluding hydrogens is 440 g/mol. The van der Waals surface area contributed by atoms with Crippen molar-refractivity contribution < 1.29 is 4.42 Å². The van der Waals surface area contributed by atoms with Gasteiger partial charge in [0.1, 0.15) is 17.1 Å². The van der Waals surface area contributed by atoms with Gasteiger partial charge in [0.2, 0.25) is 0 Å². The van der Waals surface area contributed by atoms with Crippen LogP contribution in [0, 0.1) is 5.92 Å². The van der Waals surface area contributed by atoms with Crippen molar-refractivity contribution in [1.82, 2.24) is 29.0 Å². The number of rotatable bonds is 8. The highest BCUT2D eigenvalue weighted by atomic mass is 16.3. The number of benzene rings is 1. The molecule has 0 saturated carbocycles. The molecule has 1 aliphatic heterocycles. The van der Waals surface area contributed by atoms with Gasteiger partial charge in [-0.05, 0) is 81.2 Å². The summed E-state index contributed by atoms with van der Waals surface area (Å²) in [6.45, 7) is 4.59. The van der Waals surface area contributed by atoms with Crippen LogP contribution in [0.3, 0.4) is 0 Å². The van der Waals surface area contributed by atoms with Crippen LogP contribution >= 0.6 is 0 Å². The monoisotopic (exact) mass is 470 g/mol. The van der Waals surface area contributed by atoms with E-state index in [1.54, 1.807) is 6.26 Å². The Kier molecular flexibility index (Phi) is 5.96. The first kappa shape index (κ1) is 21.9. The Hall–Kier alpha value is -3.65. The Morgan fingerprint density at radius 2 is 1.89 bits per heavy atom. The van der Waals surface area contributed by atoms with Gasteiger partial charge in [0.25, 0.3) is 0 Å². The number of hydrogen-bond donors (Lipinski definition) is 1. The average molecular weight is 471 g/mol. The zero-order valence-corrected chi connectivity index (χ0v) is 19.8. The van der Waals surface area contributed by atoms with Crippen LogP contribution in [0.25, 0.3) is 22.2 Å². The number of nitrogens with one attached hydrogen (secondary N) is 1. The predicted octanol–water partition coefficient (Wildman–Crippen LogP) is 4.06. The third-order valence-corrected chi connectivity index (χ3v) is 7.19. The molecule has 180 valence electrons. The average Bonchev–Trinajstić information content (AvgIpc) is 3.59. The second kappa shape index (κ2) is 9.54. The summed E-state index contributed by atoms with van der Waals surface area (Å²) in [5.41, 5.74) is 3.74. The van der Waals surface area contributed by atoms with E-state index < -0.39 is 0 Å². The molecule has 8 heteroatoms. The van der Waals surface area contributed by atoms with Gasteiger partial charge in [0.05, 0.1) is 23.8 Å². The number of pyridine rings is 1. The molecule has 1 N–H and O–H groups in total. The molecule has 0 aliphatic carbocycles. The Balaban J connectivity index is 1.06. The van der Waals surface area contributed by atoms with Crippen LogP contribution in [0.1, 0.15) is 30.8 Å². The van der Waals surface area contributed by atoms with Crippen LogP contribution in [-0.4, -0.2) is 48.6 Å². The van der Waals surface area contributed by atoms with Crippen LogP contribution in [0.4, 0.5) is 0 Å². The van der Waals surface area contributed by atoms with Gasteiger partial charge in [-0.25, -0.2) is 14.8 Å². The largest absolute Gasteiger partial charge is 0.467 e. The van der Waals surface area contributed by atoms with Crippen molar-refractivity contribution in [3.63, 3.8) is 0 Å². The molecule has 0 unspecified atom stereocenters. The minimum Gasteiger partial charge on any atom is -0.467 e. The smallest absolute Gasteiger partial charge is 0.326 e. The lowest BCUT2D eigenvalue weighted by atomic mass is 9.93. The van der Waals surface area contributed by atoms with Crippen LogP contribution in [-0.2, 0) is 19.5 Å². The molecule has 0 spiro atoms. The molecule has 1 aliphatic rings. The van der Waals surface area contributed by atoms with Gasteiger partial charge < -0.3 is 18.9 Å². The third kappa shape index (κ3) is 4.53. The molecule has 0 bridgehead atoms. The molecule has 6 rings (SSSR count). The number of fused-ring (bicyclic) bond motifs is 2. The van der Waals surface area contributed by atoms with Crippen molar-refractivity contribution in [2.75, 3.05) is 19.6 Å². The van der Waals surface area contributed by atoms with Crippen molar-refractivity contribution in [3.8, 4) is 0 Å². The van der Waals surface area contributed by atoms with E-state index in [0.717, 1.165) is 85.6 Å². The summed E-state index contributed by atoms with van der Waals surface area (Å²) in [6, 6.07) is 15.8. The SMILES string of the molecule is O=c1[nH]c2ccccc2n1CCCN1CCC(Cc2nc3cccnc3n2Cc2ccco2)CC1. The maximum absolute atomic E-state index is 12.3. The maximum Gasteiger partial charge on any atom is 0.326 e. The second-order valence-corrected chi connectivity index (χ2v) is 9.48. The van der Waals surface area contributed by atoms with Gasteiger partial charge in [0.15, 0.2) is 5.65 Å². The van der Waals surface area contributed by atoms with Crippen LogP contribution in [0.5, 0.6) is 0 Å². The first-order chi connectivity index (χ1) is 17.2. The molecule has 0 atom stereocenters. The van der Waals surface area contributed by atoms with E-state index >= 15 is 0 Å². The molecule has 0 amide bonds. The predicted molar refractivity (Wildman–Crippen MR) is 135 cm³/mol. The fraction of sp³-hybridized carbons (Fsp3) is 0.370. The van der Waals surface area contributed by atoms with Gasteiger partial charge in [-0.3, -0.25) is 4.57 Å². The molecule has 4 aromatic heterocycles. The second-order valence-electron chi connectivity index (χ2n) is 9.48. The number of para-hydroxylation sites is 2. The number of nitrogens with zero attached hydrogens (tertiary/aromatic N) is 5.